The molecule has 1 aromatic heterocycles. The molecule has 0 bridgehead atoms. The highest BCUT2D eigenvalue weighted by Gasteiger charge is 2.18. The van der Waals surface area contributed by atoms with Crippen molar-refractivity contribution in [1.82, 2.24) is 4.98 Å². The fourth-order valence-corrected chi connectivity index (χ4v) is 2.61. The van der Waals surface area contributed by atoms with Crippen LogP contribution in [-0.2, 0) is 4.74 Å². The molecule has 0 aliphatic rings. The Labute approximate surface area is 151 Å². The number of ether oxygens (including phenoxy) is 1. The van der Waals surface area contributed by atoms with E-state index in [9.17, 15) is 14.7 Å². The average Bonchev–Trinajstić information content (AvgIpc) is 2.59. The predicted octanol–water partition coefficient (Wildman–Crippen LogP) is 4.56. The summed E-state index contributed by atoms with van der Waals surface area (Å²) in [6.45, 7) is 5.43. The Morgan fingerprint density at radius 1 is 1.00 bits per heavy atom. The normalized spacial score (nSPS) is 11.3. The van der Waals surface area contributed by atoms with Gasteiger partial charge in [-0.1, -0.05) is 30.3 Å². The number of rotatable bonds is 3. The number of carboxylic acid groups (broad SMARTS) is 1. The zero-order valence-electron chi connectivity index (χ0n) is 14.8. The Morgan fingerprint density at radius 2 is 1.65 bits per heavy atom. The minimum absolute atomic E-state index is 0.196. The van der Waals surface area contributed by atoms with Crippen LogP contribution < -0.4 is 0 Å². The van der Waals surface area contributed by atoms with Crippen molar-refractivity contribution in [2.24, 2.45) is 0 Å². The standard InChI is InChI=1S/C21H19NO4/c1-21(2,3)26-20(25)14-10-8-13(9-11-14)18-12-16(19(23)24)15-6-4-5-7-17(15)22-18/h4-12H,1-3H3,(H,23,24). The largest absolute Gasteiger partial charge is 0.478 e. The minimum Gasteiger partial charge on any atom is -0.478 e. The zero-order chi connectivity index (χ0) is 18.9. The number of hydrogen-bond acceptors (Lipinski definition) is 4. The second kappa shape index (κ2) is 6.59. The highest BCUT2D eigenvalue weighted by Crippen LogP contribution is 2.25. The van der Waals surface area contributed by atoms with Gasteiger partial charge >= 0.3 is 11.9 Å². The number of aromatic carboxylic acids is 1. The number of carboxylic acids is 1. The fourth-order valence-electron chi connectivity index (χ4n) is 2.61. The molecule has 1 heterocycles. The first kappa shape index (κ1) is 17.6. The first-order valence-electron chi connectivity index (χ1n) is 8.21. The Kier molecular flexibility index (Phi) is 4.47. The maximum absolute atomic E-state index is 12.1. The Balaban J connectivity index is 1.99. The topological polar surface area (TPSA) is 76.5 Å². The zero-order valence-corrected chi connectivity index (χ0v) is 14.8. The van der Waals surface area contributed by atoms with Crippen LogP contribution in [0, 0.1) is 0 Å². The van der Waals surface area contributed by atoms with Gasteiger partial charge in [-0.2, -0.15) is 0 Å². The molecule has 2 aromatic carbocycles. The monoisotopic (exact) mass is 349 g/mol. The molecule has 0 atom stereocenters. The van der Waals surface area contributed by atoms with Gasteiger partial charge in [-0.15, -0.1) is 0 Å². The molecular weight excluding hydrogens is 330 g/mol. The summed E-state index contributed by atoms with van der Waals surface area (Å²) in [5.74, 6) is -1.41. The Morgan fingerprint density at radius 3 is 2.27 bits per heavy atom. The van der Waals surface area contributed by atoms with Crippen LogP contribution in [0.4, 0.5) is 0 Å². The van der Waals surface area contributed by atoms with Crippen LogP contribution in [-0.4, -0.2) is 27.6 Å². The van der Waals surface area contributed by atoms with Crippen molar-refractivity contribution < 1.29 is 19.4 Å². The summed E-state index contributed by atoms with van der Waals surface area (Å²) < 4.78 is 5.35. The van der Waals surface area contributed by atoms with Crippen LogP contribution in [0.1, 0.15) is 41.5 Å². The van der Waals surface area contributed by atoms with Gasteiger partial charge in [0.1, 0.15) is 5.60 Å². The van der Waals surface area contributed by atoms with Crippen LogP contribution >= 0.6 is 0 Å². The molecule has 0 fully saturated rings. The molecule has 0 amide bonds. The van der Waals surface area contributed by atoms with E-state index in [2.05, 4.69) is 4.98 Å². The number of carbonyl (C=O) groups is 2. The van der Waals surface area contributed by atoms with E-state index >= 15 is 0 Å². The van der Waals surface area contributed by atoms with Crippen LogP contribution in [0.25, 0.3) is 22.2 Å². The van der Waals surface area contributed by atoms with E-state index in [1.807, 2.05) is 26.8 Å². The molecule has 5 heteroatoms. The van der Waals surface area contributed by atoms with E-state index in [0.29, 0.717) is 22.2 Å². The van der Waals surface area contributed by atoms with E-state index < -0.39 is 17.5 Å². The Hall–Kier alpha value is -3.21. The summed E-state index contributed by atoms with van der Waals surface area (Å²) >= 11 is 0. The van der Waals surface area contributed by atoms with E-state index in [1.165, 1.54) is 0 Å². The first-order chi connectivity index (χ1) is 12.2. The maximum Gasteiger partial charge on any atom is 0.338 e. The Bertz CT molecular complexity index is 985. The van der Waals surface area contributed by atoms with Gasteiger partial charge in [0.25, 0.3) is 0 Å². The number of pyridine rings is 1. The lowest BCUT2D eigenvalue weighted by molar-refractivity contribution is 0.00693. The lowest BCUT2D eigenvalue weighted by Crippen LogP contribution is -2.23. The summed E-state index contributed by atoms with van der Waals surface area (Å²) in [5, 5.41) is 10.1. The summed E-state index contributed by atoms with van der Waals surface area (Å²) in [6, 6.07) is 15.4. The molecule has 0 spiro atoms. The van der Waals surface area contributed by atoms with E-state index in [1.54, 1.807) is 48.5 Å². The third kappa shape index (κ3) is 3.72. The van der Waals surface area contributed by atoms with Crippen molar-refractivity contribution in [3.63, 3.8) is 0 Å². The number of fused-ring (bicyclic) bond motifs is 1. The van der Waals surface area contributed by atoms with Crippen molar-refractivity contribution in [3.8, 4) is 11.3 Å². The molecule has 1 N–H and O–H groups in total. The first-order valence-corrected chi connectivity index (χ1v) is 8.21. The van der Waals surface area contributed by atoms with Gasteiger partial charge in [0, 0.05) is 10.9 Å². The van der Waals surface area contributed by atoms with Gasteiger partial charge in [0.15, 0.2) is 0 Å². The lowest BCUT2D eigenvalue weighted by Gasteiger charge is -2.19. The van der Waals surface area contributed by atoms with Crippen molar-refractivity contribution in [3.05, 3.63) is 65.7 Å². The number of para-hydroxylation sites is 1. The highest BCUT2D eigenvalue weighted by atomic mass is 16.6. The van der Waals surface area contributed by atoms with Crippen molar-refractivity contribution >= 4 is 22.8 Å². The van der Waals surface area contributed by atoms with Crippen molar-refractivity contribution in [1.29, 1.82) is 0 Å². The molecule has 0 aliphatic heterocycles. The molecule has 0 unspecified atom stereocenters. The molecular formula is C21H19NO4. The lowest BCUT2D eigenvalue weighted by atomic mass is 10.0. The van der Waals surface area contributed by atoms with E-state index in [-0.39, 0.29) is 5.56 Å². The summed E-state index contributed by atoms with van der Waals surface area (Å²) in [4.78, 5) is 28.2. The SMILES string of the molecule is CC(C)(C)OC(=O)c1ccc(-c2cc(C(=O)O)c3ccccc3n2)cc1. The van der Waals surface area contributed by atoms with Gasteiger partial charge in [-0.25, -0.2) is 14.6 Å². The van der Waals surface area contributed by atoms with Crippen LogP contribution in [0.2, 0.25) is 0 Å². The van der Waals surface area contributed by atoms with Crippen LogP contribution in [0.15, 0.2) is 54.6 Å². The molecule has 3 rings (SSSR count). The fraction of sp³-hybridized carbons (Fsp3) is 0.190. The number of carbonyl (C=O) groups excluding carboxylic acids is 1. The third-order valence-corrected chi connectivity index (χ3v) is 3.76. The quantitative estimate of drug-likeness (QED) is 0.702. The molecule has 0 saturated carbocycles. The number of esters is 1. The number of benzene rings is 2. The second-order valence-electron chi connectivity index (χ2n) is 6.96. The van der Waals surface area contributed by atoms with Crippen molar-refractivity contribution in [2.45, 2.75) is 26.4 Å². The van der Waals surface area contributed by atoms with Gasteiger partial charge in [0.05, 0.1) is 22.3 Å². The average molecular weight is 349 g/mol. The van der Waals surface area contributed by atoms with Gasteiger partial charge in [0.2, 0.25) is 0 Å². The number of hydrogen-bond donors (Lipinski definition) is 1. The number of nitrogens with zero attached hydrogens (tertiary/aromatic N) is 1. The molecule has 3 aromatic rings. The summed E-state index contributed by atoms with van der Waals surface area (Å²) in [5.41, 5.74) is 1.94. The molecule has 0 radical (unpaired) electrons. The third-order valence-electron chi connectivity index (χ3n) is 3.76. The maximum atomic E-state index is 12.1. The highest BCUT2D eigenvalue weighted by molar-refractivity contribution is 6.03. The minimum atomic E-state index is -1.00. The second-order valence-corrected chi connectivity index (χ2v) is 6.96. The van der Waals surface area contributed by atoms with E-state index in [0.717, 1.165) is 5.56 Å². The smallest absolute Gasteiger partial charge is 0.338 e. The molecule has 0 aliphatic carbocycles. The summed E-state index contributed by atoms with van der Waals surface area (Å²) in [7, 11) is 0. The molecule has 26 heavy (non-hydrogen) atoms. The van der Waals surface area contributed by atoms with Crippen molar-refractivity contribution in [2.75, 3.05) is 0 Å². The van der Waals surface area contributed by atoms with Crippen LogP contribution in [0.5, 0.6) is 0 Å². The van der Waals surface area contributed by atoms with Crippen LogP contribution in [0.3, 0.4) is 0 Å². The number of aromatic nitrogens is 1. The molecule has 132 valence electrons. The molecule has 5 nitrogen and oxygen atoms in total. The van der Waals surface area contributed by atoms with E-state index in [4.69, 9.17) is 4.74 Å². The summed E-state index contributed by atoms with van der Waals surface area (Å²) in [6.07, 6.45) is 0. The predicted molar refractivity (Wildman–Crippen MR) is 99.3 cm³/mol. The molecule has 0 saturated heterocycles. The van der Waals surface area contributed by atoms with Gasteiger partial charge in [-0.3, -0.25) is 0 Å². The van der Waals surface area contributed by atoms with Gasteiger partial charge in [-0.05, 0) is 45.0 Å². The van der Waals surface area contributed by atoms with Gasteiger partial charge < -0.3 is 9.84 Å².